The van der Waals surface area contributed by atoms with Crippen molar-refractivity contribution >= 4 is 13.5 Å². The van der Waals surface area contributed by atoms with Crippen molar-refractivity contribution < 1.29 is 106 Å². The minimum absolute atomic E-state index is 0. The molecule has 0 bridgehead atoms. The Morgan fingerprint density at radius 2 is 1.74 bits per heavy atom. The van der Waals surface area contributed by atoms with E-state index >= 15 is 0 Å². The van der Waals surface area contributed by atoms with Crippen molar-refractivity contribution in [2.45, 2.75) is 62.8 Å². The molecule has 1 amide bonds. The topological polar surface area (TPSA) is 192 Å². The molecule has 5 atom stereocenters. The third kappa shape index (κ3) is 12.0. The predicted molar refractivity (Wildman–Crippen MR) is 87.2 cm³/mol. The van der Waals surface area contributed by atoms with Crippen LogP contribution >= 0.6 is 7.60 Å². The Labute approximate surface area is 205 Å². The maximum atomic E-state index is 10.9. The summed E-state index contributed by atoms with van der Waals surface area (Å²) in [4.78, 5) is 28.7. The molecule has 0 aliphatic carbocycles. The van der Waals surface area contributed by atoms with E-state index in [-0.39, 0.29) is 87.3 Å². The van der Waals surface area contributed by atoms with Gasteiger partial charge >= 0.3 is 66.7 Å². The van der Waals surface area contributed by atoms with Crippen LogP contribution in [-0.4, -0.2) is 74.5 Å². The van der Waals surface area contributed by atoms with Crippen LogP contribution in [0.1, 0.15) is 35.0 Å². The number of amides is 1. The molecule has 0 spiro atoms. The smallest absolute Gasteiger partial charge is 1.00 e. The van der Waals surface area contributed by atoms with E-state index in [2.05, 4.69) is 0 Å². The molecular formula is C13H29N2Na2O9P. The zero-order chi connectivity index (χ0) is 19.0. The summed E-state index contributed by atoms with van der Waals surface area (Å²) >= 11 is 0. The number of carbonyl (C=O) groups excluding carboxylic acids is 1. The Morgan fingerprint density at radius 1 is 1.11 bits per heavy atom. The molecule has 1 aliphatic rings. The standard InChI is InChI=1S/C13H27N2O9P.2Na.2H/c14-15-9(16)4-2-1-3-6-23-13-12(19)11(18)10(17)8(24-13)5-7-25(20,21)22;;;;/h8,10-13,17-19H,1-7,14H2,(H,15,16)(H2,20,21,22);;;;/q;2*+1;2*-1/t8-,10-,11+,12+,13+;;;;/m1..../s1. The summed E-state index contributed by atoms with van der Waals surface area (Å²) in [6, 6.07) is 0. The van der Waals surface area contributed by atoms with Gasteiger partial charge in [-0.2, -0.15) is 0 Å². The van der Waals surface area contributed by atoms with Crippen LogP contribution in [0.5, 0.6) is 0 Å². The predicted octanol–water partition coefficient (Wildman–Crippen LogP) is -7.84. The second-order valence-corrected chi connectivity index (χ2v) is 7.72. The quantitative estimate of drug-likeness (QED) is 0.0434. The molecule has 8 N–H and O–H groups in total. The van der Waals surface area contributed by atoms with Gasteiger partial charge in [-0.3, -0.25) is 14.8 Å². The van der Waals surface area contributed by atoms with Crippen LogP contribution in [0.15, 0.2) is 0 Å². The van der Waals surface area contributed by atoms with Gasteiger partial charge in [0.25, 0.3) is 0 Å². The molecule has 0 radical (unpaired) electrons. The number of carbonyl (C=O) groups is 1. The minimum atomic E-state index is -4.28. The number of hydrazine groups is 1. The Hall–Kier alpha value is 1.38. The molecule has 1 saturated heterocycles. The number of ether oxygens (including phenoxy) is 2. The van der Waals surface area contributed by atoms with Crippen molar-refractivity contribution in [2.24, 2.45) is 5.84 Å². The third-order valence-electron chi connectivity index (χ3n) is 3.86. The van der Waals surface area contributed by atoms with E-state index in [0.29, 0.717) is 19.3 Å². The Balaban J connectivity index is -0.000000781. The van der Waals surface area contributed by atoms with Crippen molar-refractivity contribution in [3.05, 3.63) is 0 Å². The minimum Gasteiger partial charge on any atom is -1.00 e. The maximum absolute atomic E-state index is 10.9. The van der Waals surface area contributed by atoms with Gasteiger partial charge in [0, 0.05) is 13.0 Å². The number of unbranched alkanes of at least 4 members (excludes halogenated alkanes) is 2. The molecule has 14 heteroatoms. The normalized spacial score (nSPS) is 28.0. The fourth-order valence-electron chi connectivity index (χ4n) is 2.42. The molecular weight excluding hydrogens is 405 g/mol. The zero-order valence-corrected chi connectivity index (χ0v) is 20.6. The number of rotatable bonds is 10. The number of nitrogens with two attached hydrogens (primary N) is 1. The van der Waals surface area contributed by atoms with Gasteiger partial charge in [-0.1, -0.05) is 6.42 Å². The summed E-state index contributed by atoms with van der Waals surface area (Å²) in [6.45, 7) is 0.181. The first kappa shape index (κ1) is 30.6. The van der Waals surface area contributed by atoms with E-state index in [0.717, 1.165) is 0 Å². The summed E-state index contributed by atoms with van der Waals surface area (Å²) in [5.41, 5.74) is 2.02. The molecule has 1 aliphatic heterocycles. The molecule has 0 aromatic heterocycles. The average Bonchev–Trinajstić information content (AvgIpc) is 2.55. The maximum Gasteiger partial charge on any atom is 1.00 e. The van der Waals surface area contributed by atoms with Gasteiger partial charge in [-0.15, -0.1) is 0 Å². The summed E-state index contributed by atoms with van der Waals surface area (Å²) in [5, 5.41) is 29.6. The van der Waals surface area contributed by atoms with Gasteiger partial charge in [0.2, 0.25) is 5.91 Å². The SMILES string of the molecule is NNC(=O)CCCCCO[C@H]1O[C@H](CCP(=O)(O)O)[C@@H](O)[C@H](O)[C@@H]1O.[H-].[H-].[Na+].[Na+]. The summed E-state index contributed by atoms with van der Waals surface area (Å²) < 4.78 is 21.6. The Morgan fingerprint density at radius 3 is 2.30 bits per heavy atom. The average molecular weight is 434 g/mol. The van der Waals surface area contributed by atoms with Gasteiger partial charge in [0.05, 0.1) is 12.3 Å². The summed E-state index contributed by atoms with van der Waals surface area (Å²) in [5.74, 6) is 4.69. The first-order valence-electron chi connectivity index (χ1n) is 8.01. The van der Waals surface area contributed by atoms with Crippen molar-refractivity contribution in [3.8, 4) is 0 Å². The molecule has 152 valence electrons. The van der Waals surface area contributed by atoms with Gasteiger partial charge in [0.15, 0.2) is 6.29 Å². The number of aliphatic hydroxyl groups is 3. The van der Waals surface area contributed by atoms with Gasteiger partial charge in [0.1, 0.15) is 18.3 Å². The number of nitrogens with one attached hydrogen (secondary N) is 1. The van der Waals surface area contributed by atoms with Crippen molar-refractivity contribution in [3.63, 3.8) is 0 Å². The molecule has 0 aromatic rings. The van der Waals surface area contributed by atoms with E-state index < -0.39 is 44.5 Å². The van der Waals surface area contributed by atoms with Crippen molar-refractivity contribution in [1.29, 1.82) is 0 Å². The summed E-state index contributed by atoms with van der Waals surface area (Å²) in [6.07, 6.45) is -5.37. The van der Waals surface area contributed by atoms with E-state index in [9.17, 15) is 24.7 Å². The first-order valence-corrected chi connectivity index (χ1v) is 9.80. The van der Waals surface area contributed by atoms with Gasteiger partial charge < -0.3 is 37.4 Å². The molecule has 11 nitrogen and oxygen atoms in total. The van der Waals surface area contributed by atoms with E-state index in [1.807, 2.05) is 5.43 Å². The van der Waals surface area contributed by atoms with E-state index in [4.69, 9.17) is 25.1 Å². The third-order valence-corrected chi connectivity index (χ3v) is 4.71. The molecule has 1 rings (SSSR count). The molecule has 1 fully saturated rings. The van der Waals surface area contributed by atoms with Crippen molar-refractivity contribution in [2.75, 3.05) is 12.8 Å². The number of hydrogen-bond donors (Lipinski definition) is 7. The van der Waals surface area contributed by atoms with Crippen LogP contribution in [0.2, 0.25) is 0 Å². The van der Waals surface area contributed by atoms with Crippen LogP contribution in [-0.2, 0) is 18.8 Å². The van der Waals surface area contributed by atoms with E-state index in [1.165, 1.54) is 0 Å². The van der Waals surface area contributed by atoms with Crippen LogP contribution in [0.4, 0.5) is 0 Å². The van der Waals surface area contributed by atoms with Gasteiger partial charge in [-0.05, 0) is 19.3 Å². The van der Waals surface area contributed by atoms with Crippen LogP contribution in [0, 0.1) is 0 Å². The second-order valence-electron chi connectivity index (χ2n) is 5.94. The fraction of sp³-hybridized carbons (Fsp3) is 0.923. The van der Waals surface area contributed by atoms with Gasteiger partial charge in [-0.25, -0.2) is 5.84 Å². The van der Waals surface area contributed by atoms with Crippen LogP contribution in [0.25, 0.3) is 0 Å². The number of hydrogen-bond acceptors (Lipinski definition) is 8. The van der Waals surface area contributed by atoms with E-state index in [1.54, 1.807) is 0 Å². The molecule has 0 aromatic carbocycles. The monoisotopic (exact) mass is 434 g/mol. The molecule has 0 saturated carbocycles. The molecule has 27 heavy (non-hydrogen) atoms. The van der Waals surface area contributed by atoms with Crippen LogP contribution in [0.3, 0.4) is 0 Å². The van der Waals surface area contributed by atoms with Crippen LogP contribution < -0.4 is 70.4 Å². The summed E-state index contributed by atoms with van der Waals surface area (Å²) in [7, 11) is -4.28. The fourth-order valence-corrected chi connectivity index (χ4v) is 3.02. The van der Waals surface area contributed by atoms with Crippen molar-refractivity contribution in [1.82, 2.24) is 5.43 Å². The largest absolute Gasteiger partial charge is 1.00 e. The first-order chi connectivity index (χ1) is 11.7. The molecule has 1 heterocycles. The zero-order valence-electron chi connectivity index (χ0n) is 17.7. The number of aliphatic hydroxyl groups excluding tert-OH is 3. The Bertz CT molecular complexity index is 482. The molecule has 0 unspecified atom stereocenters. The second kappa shape index (κ2) is 15.2. The Kier molecular flexibility index (Phi) is 17.2.